The third-order valence-corrected chi connectivity index (χ3v) is 1.74. The van der Waals surface area contributed by atoms with Crippen LogP contribution in [0.3, 0.4) is 0 Å². The second-order valence-corrected chi connectivity index (χ2v) is 3.28. The topological polar surface area (TPSA) is 72.3 Å². The van der Waals surface area contributed by atoms with E-state index in [0.717, 1.165) is 25.7 Å². The first-order chi connectivity index (χ1) is 7.20. The Labute approximate surface area is 96.2 Å². The van der Waals surface area contributed by atoms with Crippen LogP contribution in [0.15, 0.2) is 0 Å². The highest BCUT2D eigenvalue weighted by Gasteiger charge is 2.14. The molecule has 0 aliphatic heterocycles. The number of aliphatic hydroxyl groups excluding tert-OH is 1. The van der Waals surface area contributed by atoms with Crippen LogP contribution in [0.5, 0.6) is 0 Å². The molecule has 1 fully saturated rings. The van der Waals surface area contributed by atoms with Gasteiger partial charge in [-0.25, -0.2) is 0 Å². The van der Waals surface area contributed by atoms with E-state index >= 15 is 0 Å². The van der Waals surface area contributed by atoms with Gasteiger partial charge in [-0.1, -0.05) is 34.1 Å². The lowest BCUT2D eigenvalue weighted by Crippen LogP contribution is -2.28. The lowest BCUT2D eigenvalue weighted by Gasteiger charge is -2.21. The molecule has 0 aromatic heterocycles. The first-order valence-corrected chi connectivity index (χ1v) is 6.22. The molecule has 0 unspecified atom stereocenters. The van der Waals surface area contributed by atoms with Gasteiger partial charge in [-0.15, -0.1) is 0 Å². The van der Waals surface area contributed by atoms with Crippen LogP contribution in [-0.2, 0) is 0 Å². The minimum Gasteiger partial charge on any atom is -0.393 e. The second kappa shape index (κ2) is 19.5. The Morgan fingerprint density at radius 2 is 1.27 bits per heavy atom. The second-order valence-electron chi connectivity index (χ2n) is 3.28. The summed E-state index contributed by atoms with van der Waals surface area (Å²) in [5.41, 5.74) is 10.1. The Hall–Kier alpha value is -0.120. The van der Waals surface area contributed by atoms with Gasteiger partial charge in [0.1, 0.15) is 0 Å². The van der Waals surface area contributed by atoms with Crippen molar-refractivity contribution in [1.29, 1.82) is 0 Å². The number of nitrogens with two attached hydrogens (primary N) is 2. The van der Waals surface area contributed by atoms with Crippen molar-refractivity contribution >= 4 is 0 Å². The smallest absolute Gasteiger partial charge is 0.0541 e. The lowest BCUT2D eigenvalue weighted by molar-refractivity contribution is 0.123. The highest BCUT2D eigenvalue weighted by molar-refractivity contribution is 4.72. The van der Waals surface area contributed by atoms with Gasteiger partial charge in [-0.05, 0) is 32.7 Å². The molecular formula is C12H32N2O. The average molecular weight is 220 g/mol. The zero-order chi connectivity index (χ0) is 12.7. The molecule has 0 radical (unpaired) electrons. The van der Waals surface area contributed by atoms with E-state index in [1.165, 1.54) is 13.5 Å². The Balaban J connectivity index is -0.000000176. The van der Waals surface area contributed by atoms with Gasteiger partial charge in [-0.3, -0.25) is 0 Å². The van der Waals surface area contributed by atoms with Gasteiger partial charge >= 0.3 is 0 Å². The van der Waals surface area contributed by atoms with Crippen LogP contribution in [0, 0.1) is 0 Å². The van der Waals surface area contributed by atoms with Gasteiger partial charge in [-0.2, -0.15) is 0 Å². The highest BCUT2D eigenvalue weighted by atomic mass is 16.3. The molecule has 0 amide bonds. The monoisotopic (exact) mass is 220 g/mol. The first kappa shape index (κ1) is 20.3. The van der Waals surface area contributed by atoms with Crippen molar-refractivity contribution in [3.8, 4) is 0 Å². The summed E-state index contributed by atoms with van der Waals surface area (Å²) in [6, 6.07) is 0.360. The highest BCUT2D eigenvalue weighted by Crippen LogP contribution is 2.15. The summed E-state index contributed by atoms with van der Waals surface area (Å²) in [5.74, 6) is 0. The normalized spacial score (nSPS) is 23.2. The van der Waals surface area contributed by atoms with E-state index in [2.05, 4.69) is 19.6 Å². The molecule has 0 atom stereocenters. The van der Waals surface area contributed by atoms with Crippen molar-refractivity contribution in [2.24, 2.45) is 11.5 Å². The van der Waals surface area contributed by atoms with E-state index in [0.29, 0.717) is 6.04 Å². The van der Waals surface area contributed by atoms with Crippen molar-refractivity contribution < 1.29 is 5.11 Å². The van der Waals surface area contributed by atoms with Crippen LogP contribution < -0.4 is 11.5 Å². The maximum Gasteiger partial charge on any atom is 0.0541 e. The molecule has 96 valence electrons. The molecule has 0 spiro atoms. The fraction of sp³-hybridized carbons (Fsp3) is 1.00. The zero-order valence-corrected chi connectivity index (χ0v) is 11.3. The van der Waals surface area contributed by atoms with Crippen LogP contribution in [0.1, 0.15) is 59.8 Å². The molecule has 0 aromatic rings. The molecule has 1 aliphatic rings. The van der Waals surface area contributed by atoms with Crippen LogP contribution >= 0.6 is 0 Å². The van der Waals surface area contributed by atoms with Gasteiger partial charge in [0, 0.05) is 6.04 Å². The maximum absolute atomic E-state index is 8.97. The summed E-state index contributed by atoms with van der Waals surface area (Å²) < 4.78 is 0. The Bertz CT molecular complexity index is 71.7. The summed E-state index contributed by atoms with van der Waals surface area (Å²) in [6.07, 6.45) is 5.00. The predicted molar refractivity (Wildman–Crippen MR) is 69.9 cm³/mol. The summed E-state index contributed by atoms with van der Waals surface area (Å²) in [7, 11) is 1.50. The van der Waals surface area contributed by atoms with Gasteiger partial charge in [0.05, 0.1) is 6.10 Å². The number of hydrogen-bond donors (Lipinski definition) is 3. The largest absolute Gasteiger partial charge is 0.393 e. The SMILES string of the molecule is CC.CCC.CN.NC1CCC(O)CC1. The predicted octanol–water partition coefficient (Wildman–Crippen LogP) is 2.27. The molecule has 1 aliphatic carbocycles. The third kappa shape index (κ3) is 20.1. The molecular weight excluding hydrogens is 188 g/mol. The van der Waals surface area contributed by atoms with E-state index in [1.54, 1.807) is 0 Å². The quantitative estimate of drug-likeness (QED) is 0.586. The molecule has 1 saturated carbocycles. The van der Waals surface area contributed by atoms with Gasteiger partial charge in [0.15, 0.2) is 0 Å². The minimum atomic E-state index is -0.0604. The molecule has 5 N–H and O–H groups in total. The molecule has 1 rings (SSSR count). The molecule has 3 nitrogen and oxygen atoms in total. The molecule has 0 saturated heterocycles. The molecule has 15 heavy (non-hydrogen) atoms. The van der Waals surface area contributed by atoms with Crippen molar-refractivity contribution in [2.75, 3.05) is 7.05 Å². The van der Waals surface area contributed by atoms with Crippen LogP contribution in [-0.4, -0.2) is 24.3 Å². The molecule has 0 bridgehead atoms. The average Bonchev–Trinajstić information content (AvgIpc) is 2.29. The molecule has 0 aromatic carbocycles. The minimum absolute atomic E-state index is 0.0604. The third-order valence-electron chi connectivity index (χ3n) is 1.74. The number of rotatable bonds is 0. The van der Waals surface area contributed by atoms with Crippen molar-refractivity contribution in [3.05, 3.63) is 0 Å². The van der Waals surface area contributed by atoms with Crippen LogP contribution in [0.25, 0.3) is 0 Å². The van der Waals surface area contributed by atoms with Gasteiger partial charge in [0.25, 0.3) is 0 Å². The van der Waals surface area contributed by atoms with Crippen molar-refractivity contribution in [2.45, 2.75) is 71.9 Å². The van der Waals surface area contributed by atoms with Crippen LogP contribution in [0.2, 0.25) is 0 Å². The standard InChI is InChI=1S/C6H13NO.C3H8.C2H6.CH5N/c7-5-1-3-6(8)4-2-5;1-3-2;2*1-2/h5-6,8H,1-4,7H2;3H2,1-2H3;1-2H3;2H2,1H3. The fourth-order valence-corrected chi connectivity index (χ4v) is 1.10. The number of aliphatic hydroxyl groups is 1. The summed E-state index contributed by atoms with van der Waals surface area (Å²) in [4.78, 5) is 0. The number of hydrogen-bond acceptors (Lipinski definition) is 3. The van der Waals surface area contributed by atoms with E-state index in [1.807, 2.05) is 13.8 Å². The Morgan fingerprint density at radius 1 is 1.00 bits per heavy atom. The van der Waals surface area contributed by atoms with Crippen molar-refractivity contribution in [3.63, 3.8) is 0 Å². The first-order valence-electron chi connectivity index (χ1n) is 6.22. The fourth-order valence-electron chi connectivity index (χ4n) is 1.10. The maximum atomic E-state index is 8.97. The summed E-state index contributed by atoms with van der Waals surface area (Å²) in [6.45, 7) is 8.25. The summed E-state index contributed by atoms with van der Waals surface area (Å²) >= 11 is 0. The van der Waals surface area contributed by atoms with Gasteiger partial charge < -0.3 is 16.6 Å². The lowest BCUT2D eigenvalue weighted by atomic mass is 9.94. The van der Waals surface area contributed by atoms with E-state index in [4.69, 9.17) is 10.8 Å². The van der Waals surface area contributed by atoms with E-state index < -0.39 is 0 Å². The Kier molecular flexibility index (Phi) is 26.3. The zero-order valence-electron chi connectivity index (χ0n) is 11.3. The summed E-state index contributed by atoms with van der Waals surface area (Å²) in [5, 5.41) is 8.97. The van der Waals surface area contributed by atoms with Crippen molar-refractivity contribution in [1.82, 2.24) is 0 Å². The molecule has 3 heteroatoms. The van der Waals surface area contributed by atoms with E-state index in [9.17, 15) is 0 Å². The van der Waals surface area contributed by atoms with Crippen LogP contribution in [0.4, 0.5) is 0 Å². The molecule has 0 heterocycles. The Morgan fingerprint density at radius 3 is 1.47 bits per heavy atom. The van der Waals surface area contributed by atoms with Gasteiger partial charge in [0.2, 0.25) is 0 Å². The van der Waals surface area contributed by atoms with E-state index in [-0.39, 0.29) is 6.10 Å².